The molecule has 2 aliphatic heterocycles. The average molecular weight is 566 g/mol. The second-order valence-electron chi connectivity index (χ2n) is 9.85. The van der Waals surface area contributed by atoms with Gasteiger partial charge in [-0.2, -0.15) is 0 Å². The van der Waals surface area contributed by atoms with Crippen molar-refractivity contribution in [2.45, 2.75) is 19.6 Å². The summed E-state index contributed by atoms with van der Waals surface area (Å²) in [5.41, 5.74) is 9.86. The zero-order chi connectivity index (χ0) is 26.8. The van der Waals surface area contributed by atoms with Crippen molar-refractivity contribution in [1.29, 1.82) is 0 Å². The molecule has 0 aliphatic carbocycles. The van der Waals surface area contributed by atoms with Crippen LogP contribution in [0.1, 0.15) is 10.4 Å². The van der Waals surface area contributed by atoms with E-state index < -0.39 is 0 Å². The molecular weight excluding hydrogens is 543 g/mol. The largest absolute Gasteiger partial charge is 0.306 e. The van der Waals surface area contributed by atoms with Gasteiger partial charge in [0.05, 0.1) is 26.7 Å². The lowest BCUT2D eigenvalue weighted by molar-refractivity contribution is 1.10. The highest BCUT2D eigenvalue weighted by atomic mass is 32.2. The van der Waals surface area contributed by atoms with Gasteiger partial charge < -0.3 is 4.90 Å². The van der Waals surface area contributed by atoms with Crippen molar-refractivity contribution < 1.29 is 0 Å². The summed E-state index contributed by atoms with van der Waals surface area (Å²) in [7, 11) is 0. The number of nitrogens with zero attached hydrogens (tertiary/aromatic N) is 1. The Hall–Kier alpha value is -3.96. The molecule has 0 saturated carbocycles. The predicted molar refractivity (Wildman–Crippen MR) is 176 cm³/mol. The van der Waals surface area contributed by atoms with Gasteiger partial charge in [-0.3, -0.25) is 0 Å². The average Bonchev–Trinajstić information content (AvgIpc) is 3.38. The van der Waals surface area contributed by atoms with E-state index in [1.165, 1.54) is 79.4 Å². The van der Waals surface area contributed by atoms with Crippen LogP contribution in [0.2, 0.25) is 0 Å². The first-order chi connectivity index (χ1) is 19.7. The van der Waals surface area contributed by atoms with Gasteiger partial charge in [-0.25, -0.2) is 0 Å². The number of hydrogen-bond donors (Lipinski definition) is 0. The van der Waals surface area contributed by atoms with Crippen molar-refractivity contribution in [1.82, 2.24) is 0 Å². The Morgan fingerprint density at radius 1 is 0.575 bits per heavy atom. The molecule has 1 nitrogen and oxygen atoms in total. The van der Waals surface area contributed by atoms with Gasteiger partial charge in [0.15, 0.2) is 0 Å². The molecule has 190 valence electrons. The van der Waals surface area contributed by atoms with E-state index in [0.29, 0.717) is 0 Å². The zero-order valence-electron chi connectivity index (χ0n) is 21.6. The number of anilines is 3. The van der Waals surface area contributed by atoms with Crippen LogP contribution in [0.3, 0.4) is 0 Å². The van der Waals surface area contributed by atoms with Crippen molar-refractivity contribution in [2.24, 2.45) is 0 Å². The third kappa shape index (κ3) is 3.57. The van der Waals surface area contributed by atoms with Crippen molar-refractivity contribution in [3.63, 3.8) is 0 Å². The van der Waals surface area contributed by atoms with E-state index in [-0.39, 0.29) is 0 Å². The lowest BCUT2D eigenvalue weighted by Gasteiger charge is -2.39. The first-order valence-electron chi connectivity index (χ1n) is 13.2. The van der Waals surface area contributed by atoms with Crippen LogP contribution in [0.4, 0.5) is 17.1 Å². The van der Waals surface area contributed by atoms with Crippen molar-refractivity contribution >= 4 is 74.2 Å². The first-order valence-corrected chi connectivity index (χ1v) is 15.6. The Labute approximate surface area is 246 Å². The molecule has 0 unspecified atom stereocenters. The summed E-state index contributed by atoms with van der Waals surface area (Å²) in [4.78, 5) is 8.80. The SMILES string of the molecule is C=Cc1sc2c3c4c(cc2c1C=C)Sc1cc(-c2ccccc2)ccc1N4c1ccc(-c2ccccc2)cc1S3. The summed E-state index contributed by atoms with van der Waals surface area (Å²) in [6.07, 6.45) is 3.95. The molecular formula is C36H23NS3. The second-order valence-corrected chi connectivity index (χ2v) is 13.0. The van der Waals surface area contributed by atoms with Gasteiger partial charge in [-0.15, -0.1) is 11.3 Å². The molecule has 0 fully saturated rings. The molecule has 0 saturated heterocycles. The molecule has 0 N–H and O–H groups in total. The third-order valence-electron chi connectivity index (χ3n) is 7.60. The lowest BCUT2D eigenvalue weighted by Crippen LogP contribution is -2.19. The molecule has 0 bridgehead atoms. The Balaban J connectivity index is 1.39. The fourth-order valence-corrected chi connectivity index (χ4v) is 9.45. The van der Waals surface area contributed by atoms with Crippen LogP contribution in [-0.2, 0) is 0 Å². The Bertz CT molecular complexity index is 1980. The van der Waals surface area contributed by atoms with E-state index in [1.807, 2.05) is 47.0 Å². The molecule has 0 radical (unpaired) electrons. The minimum absolute atomic E-state index is 1.17. The topological polar surface area (TPSA) is 3.24 Å². The predicted octanol–water partition coefficient (Wildman–Crippen LogP) is 11.9. The van der Waals surface area contributed by atoms with E-state index in [0.717, 1.165) is 0 Å². The highest BCUT2D eigenvalue weighted by Gasteiger charge is 2.35. The van der Waals surface area contributed by atoms with Crippen molar-refractivity contribution in [3.8, 4) is 22.3 Å². The molecule has 1 aromatic heterocycles. The van der Waals surface area contributed by atoms with Gasteiger partial charge in [-0.05, 0) is 58.1 Å². The quantitative estimate of drug-likeness (QED) is 0.209. The number of hydrogen-bond acceptors (Lipinski definition) is 4. The molecule has 8 rings (SSSR count). The van der Waals surface area contributed by atoms with Gasteiger partial charge in [0.1, 0.15) is 0 Å². The van der Waals surface area contributed by atoms with Gasteiger partial charge >= 0.3 is 0 Å². The van der Waals surface area contributed by atoms with E-state index in [1.54, 1.807) is 0 Å². The summed E-state index contributed by atoms with van der Waals surface area (Å²) in [6, 6.07) is 37.5. The van der Waals surface area contributed by atoms with E-state index in [4.69, 9.17) is 0 Å². The molecule has 3 heterocycles. The van der Waals surface area contributed by atoms with Gasteiger partial charge in [0.2, 0.25) is 0 Å². The Morgan fingerprint density at radius 3 is 1.75 bits per heavy atom. The fourth-order valence-electron chi connectivity index (χ4n) is 5.73. The smallest absolute Gasteiger partial charge is 0.0756 e. The minimum atomic E-state index is 1.17. The number of benzene rings is 5. The maximum absolute atomic E-state index is 4.16. The summed E-state index contributed by atoms with van der Waals surface area (Å²) >= 11 is 5.58. The van der Waals surface area contributed by atoms with Crippen LogP contribution < -0.4 is 4.90 Å². The normalized spacial score (nSPS) is 12.9. The van der Waals surface area contributed by atoms with Gasteiger partial charge in [-0.1, -0.05) is 122 Å². The maximum Gasteiger partial charge on any atom is 0.0756 e. The van der Waals surface area contributed by atoms with Crippen LogP contribution in [0.15, 0.2) is 136 Å². The van der Waals surface area contributed by atoms with E-state index >= 15 is 0 Å². The molecule has 6 aromatic rings. The monoisotopic (exact) mass is 565 g/mol. The third-order valence-corrected chi connectivity index (χ3v) is 11.2. The first kappa shape index (κ1) is 23.9. The molecule has 0 atom stereocenters. The summed E-state index contributed by atoms with van der Waals surface area (Å²) in [6.45, 7) is 8.26. The van der Waals surface area contributed by atoms with Gasteiger partial charge in [0.25, 0.3) is 0 Å². The van der Waals surface area contributed by atoms with Crippen LogP contribution in [0, 0.1) is 0 Å². The van der Waals surface area contributed by atoms with Crippen molar-refractivity contribution in [3.05, 3.63) is 127 Å². The van der Waals surface area contributed by atoms with Crippen LogP contribution in [0.25, 0.3) is 44.5 Å². The van der Waals surface area contributed by atoms with Crippen LogP contribution in [0.5, 0.6) is 0 Å². The Morgan fingerprint density at radius 2 is 1.18 bits per heavy atom. The molecule has 40 heavy (non-hydrogen) atoms. The van der Waals surface area contributed by atoms with Gasteiger partial charge in [0, 0.05) is 24.9 Å². The molecule has 5 aromatic carbocycles. The molecule has 2 aliphatic rings. The van der Waals surface area contributed by atoms with E-state index in [9.17, 15) is 0 Å². The highest BCUT2D eigenvalue weighted by Crippen LogP contribution is 2.63. The summed E-state index contributed by atoms with van der Waals surface area (Å²) in [5, 5.41) is 1.26. The summed E-state index contributed by atoms with van der Waals surface area (Å²) in [5.74, 6) is 0. The van der Waals surface area contributed by atoms with Crippen molar-refractivity contribution in [2.75, 3.05) is 4.90 Å². The minimum Gasteiger partial charge on any atom is -0.306 e. The lowest BCUT2D eigenvalue weighted by atomic mass is 10.0. The standard InChI is InChI=1S/C36H23NS3/c1-3-26-27-21-33-34-36(35(27)39-30(26)4-2)40-32-20-25(23-13-9-6-10-14-23)16-18-29(32)37(34)28-17-15-24(19-31(28)38-33)22-11-7-5-8-12-22/h3-21H,1-2H2. The number of fused-ring (bicyclic) bond motifs is 6. The second kappa shape index (κ2) is 9.31. The van der Waals surface area contributed by atoms with E-state index in [2.05, 4.69) is 121 Å². The summed E-state index contributed by atoms with van der Waals surface area (Å²) < 4.78 is 1.30. The number of thiophene rings is 1. The van der Waals surface area contributed by atoms with Crippen LogP contribution in [-0.4, -0.2) is 0 Å². The number of rotatable bonds is 4. The molecule has 0 spiro atoms. The fraction of sp³-hybridized carbons (Fsp3) is 0. The Kier molecular flexibility index (Phi) is 5.56. The highest BCUT2D eigenvalue weighted by molar-refractivity contribution is 8.01. The zero-order valence-corrected chi connectivity index (χ0v) is 24.0. The molecule has 4 heteroatoms. The maximum atomic E-state index is 4.16. The molecule has 0 amide bonds. The van der Waals surface area contributed by atoms with Crippen LogP contribution >= 0.6 is 34.9 Å².